The predicted octanol–water partition coefficient (Wildman–Crippen LogP) is 2.22. The maximum Gasteiger partial charge on any atom is 0.0406 e. The quantitative estimate of drug-likeness (QED) is 0.844. The number of rotatable bonds is 3. The normalized spacial score (nSPS) is 19.6. The summed E-state index contributed by atoms with van der Waals surface area (Å²) in [7, 11) is 2.07. The molecular weight excluding hydrogens is 220 g/mol. The molecule has 1 aliphatic heterocycles. The highest BCUT2D eigenvalue weighted by atomic mass is 35.5. The third-order valence-electron chi connectivity index (χ3n) is 3.55. The Balaban J connectivity index is 2.08. The van der Waals surface area contributed by atoms with Crippen molar-refractivity contribution in [2.75, 3.05) is 20.1 Å². The maximum atomic E-state index is 5.90. The topological polar surface area (TPSA) is 24.1 Å². The van der Waals surface area contributed by atoms with E-state index in [1.807, 2.05) is 12.1 Å². The van der Waals surface area contributed by atoms with Crippen molar-refractivity contribution in [2.24, 2.45) is 0 Å². The Morgan fingerprint density at radius 1 is 1.25 bits per heavy atom. The van der Waals surface area contributed by atoms with E-state index in [-0.39, 0.29) is 5.54 Å². The van der Waals surface area contributed by atoms with E-state index in [1.165, 1.54) is 18.4 Å². The summed E-state index contributed by atoms with van der Waals surface area (Å²) in [6.45, 7) is 2.21. The molecule has 16 heavy (non-hydrogen) atoms. The van der Waals surface area contributed by atoms with Gasteiger partial charge in [0.1, 0.15) is 0 Å². The highest BCUT2D eigenvalue weighted by Crippen LogP contribution is 2.23. The van der Waals surface area contributed by atoms with Crippen molar-refractivity contribution in [3.63, 3.8) is 0 Å². The predicted molar refractivity (Wildman–Crippen MR) is 69.1 cm³/mol. The fourth-order valence-electron chi connectivity index (χ4n) is 2.41. The first-order valence-electron chi connectivity index (χ1n) is 5.88. The van der Waals surface area contributed by atoms with Gasteiger partial charge in [0, 0.05) is 10.6 Å². The summed E-state index contributed by atoms with van der Waals surface area (Å²) in [6, 6.07) is 8.20. The maximum absolute atomic E-state index is 5.90. The second kappa shape index (κ2) is 5.17. The fraction of sp³-hybridized carbons (Fsp3) is 0.538. The third kappa shape index (κ3) is 2.76. The van der Waals surface area contributed by atoms with E-state index in [4.69, 9.17) is 11.6 Å². The zero-order valence-electron chi connectivity index (χ0n) is 9.72. The van der Waals surface area contributed by atoms with Gasteiger partial charge >= 0.3 is 0 Å². The number of nitrogens with one attached hydrogen (secondary N) is 2. The minimum absolute atomic E-state index is 0.263. The molecule has 1 heterocycles. The first-order valence-corrected chi connectivity index (χ1v) is 6.26. The molecule has 0 spiro atoms. The number of piperidine rings is 1. The van der Waals surface area contributed by atoms with Gasteiger partial charge in [-0.25, -0.2) is 0 Å². The molecule has 2 N–H and O–H groups in total. The Hall–Kier alpha value is -0.570. The molecule has 1 aromatic rings. The van der Waals surface area contributed by atoms with E-state index in [0.717, 1.165) is 24.5 Å². The molecule has 0 unspecified atom stereocenters. The van der Waals surface area contributed by atoms with Gasteiger partial charge in [0.05, 0.1) is 0 Å². The molecule has 88 valence electrons. The first kappa shape index (κ1) is 11.9. The molecule has 0 aliphatic carbocycles. The molecule has 1 saturated heterocycles. The fourth-order valence-corrected chi connectivity index (χ4v) is 2.54. The van der Waals surface area contributed by atoms with Crippen LogP contribution in [0.5, 0.6) is 0 Å². The number of benzene rings is 1. The Morgan fingerprint density at radius 2 is 1.88 bits per heavy atom. The zero-order chi connectivity index (χ0) is 11.4. The molecule has 2 rings (SSSR count). The van der Waals surface area contributed by atoms with Crippen LogP contribution in [0.25, 0.3) is 0 Å². The molecule has 0 saturated carbocycles. The van der Waals surface area contributed by atoms with Crippen molar-refractivity contribution in [3.8, 4) is 0 Å². The number of halogens is 1. The van der Waals surface area contributed by atoms with Crippen LogP contribution in [0.15, 0.2) is 24.3 Å². The summed E-state index contributed by atoms with van der Waals surface area (Å²) in [6.07, 6.45) is 3.46. The van der Waals surface area contributed by atoms with E-state index in [2.05, 4.69) is 29.8 Å². The van der Waals surface area contributed by atoms with Crippen LogP contribution in [0.1, 0.15) is 18.4 Å². The average Bonchev–Trinajstić information content (AvgIpc) is 2.33. The Kier molecular flexibility index (Phi) is 3.85. The van der Waals surface area contributed by atoms with Crippen molar-refractivity contribution in [1.29, 1.82) is 0 Å². The molecule has 2 nitrogen and oxygen atoms in total. The standard InChI is InChI=1S/C13H19ClN2/c1-15-13(6-8-16-9-7-13)10-11-2-4-12(14)5-3-11/h2-5,15-16H,6-10H2,1H3. The molecule has 3 heteroatoms. The Morgan fingerprint density at radius 3 is 2.44 bits per heavy atom. The summed E-state index contributed by atoms with van der Waals surface area (Å²) in [4.78, 5) is 0. The highest BCUT2D eigenvalue weighted by molar-refractivity contribution is 6.30. The van der Waals surface area contributed by atoms with Gasteiger partial charge < -0.3 is 10.6 Å². The lowest BCUT2D eigenvalue weighted by atomic mass is 9.82. The summed E-state index contributed by atoms with van der Waals surface area (Å²) in [5, 5.41) is 7.73. The minimum atomic E-state index is 0.263. The van der Waals surface area contributed by atoms with Crippen LogP contribution in [-0.2, 0) is 6.42 Å². The molecule has 0 aromatic heterocycles. The first-order chi connectivity index (χ1) is 7.74. The van der Waals surface area contributed by atoms with E-state index >= 15 is 0 Å². The molecular formula is C13H19ClN2. The lowest BCUT2D eigenvalue weighted by Gasteiger charge is -2.37. The smallest absolute Gasteiger partial charge is 0.0406 e. The average molecular weight is 239 g/mol. The van der Waals surface area contributed by atoms with Crippen molar-refractivity contribution in [2.45, 2.75) is 24.8 Å². The molecule has 0 bridgehead atoms. The van der Waals surface area contributed by atoms with Crippen LogP contribution in [0.2, 0.25) is 5.02 Å². The molecule has 0 atom stereocenters. The van der Waals surface area contributed by atoms with E-state index in [1.54, 1.807) is 0 Å². The van der Waals surface area contributed by atoms with E-state index in [0.29, 0.717) is 0 Å². The zero-order valence-corrected chi connectivity index (χ0v) is 10.5. The van der Waals surface area contributed by atoms with Gasteiger partial charge in [-0.1, -0.05) is 23.7 Å². The number of hydrogen-bond acceptors (Lipinski definition) is 2. The Labute approximate surface area is 102 Å². The van der Waals surface area contributed by atoms with E-state index < -0.39 is 0 Å². The van der Waals surface area contributed by atoms with Gasteiger partial charge in [0.2, 0.25) is 0 Å². The van der Waals surface area contributed by atoms with Gasteiger partial charge in [-0.05, 0) is 57.1 Å². The van der Waals surface area contributed by atoms with Crippen molar-refractivity contribution < 1.29 is 0 Å². The van der Waals surface area contributed by atoms with Crippen LogP contribution < -0.4 is 10.6 Å². The van der Waals surface area contributed by atoms with Crippen LogP contribution in [-0.4, -0.2) is 25.7 Å². The molecule has 1 aromatic carbocycles. The second-order valence-corrected chi connectivity index (χ2v) is 5.02. The molecule has 0 radical (unpaired) electrons. The van der Waals surface area contributed by atoms with Gasteiger partial charge in [-0.3, -0.25) is 0 Å². The number of hydrogen-bond donors (Lipinski definition) is 2. The molecule has 1 fully saturated rings. The van der Waals surface area contributed by atoms with E-state index in [9.17, 15) is 0 Å². The largest absolute Gasteiger partial charge is 0.317 e. The van der Waals surface area contributed by atoms with Crippen molar-refractivity contribution >= 4 is 11.6 Å². The van der Waals surface area contributed by atoms with Crippen LogP contribution >= 0.6 is 11.6 Å². The van der Waals surface area contributed by atoms with Gasteiger partial charge in [0.25, 0.3) is 0 Å². The van der Waals surface area contributed by atoms with Gasteiger partial charge in [-0.2, -0.15) is 0 Å². The summed E-state index contributed by atoms with van der Waals surface area (Å²) in [5.74, 6) is 0. The van der Waals surface area contributed by atoms with Crippen LogP contribution in [0.4, 0.5) is 0 Å². The molecule has 0 amide bonds. The lowest BCUT2D eigenvalue weighted by molar-refractivity contribution is 0.257. The second-order valence-electron chi connectivity index (χ2n) is 4.58. The summed E-state index contributed by atoms with van der Waals surface area (Å²) in [5.41, 5.74) is 1.62. The molecule has 1 aliphatic rings. The van der Waals surface area contributed by atoms with Crippen LogP contribution in [0.3, 0.4) is 0 Å². The minimum Gasteiger partial charge on any atom is -0.317 e. The SMILES string of the molecule is CNC1(Cc2ccc(Cl)cc2)CCNCC1. The van der Waals surface area contributed by atoms with Crippen molar-refractivity contribution in [1.82, 2.24) is 10.6 Å². The lowest BCUT2D eigenvalue weighted by Crippen LogP contribution is -2.52. The van der Waals surface area contributed by atoms with Crippen LogP contribution in [0, 0.1) is 0 Å². The monoisotopic (exact) mass is 238 g/mol. The Bertz CT molecular complexity index is 328. The highest BCUT2D eigenvalue weighted by Gasteiger charge is 2.29. The third-order valence-corrected chi connectivity index (χ3v) is 3.80. The number of likely N-dealkylation sites (N-methyl/N-ethyl adjacent to an activating group) is 1. The van der Waals surface area contributed by atoms with Crippen molar-refractivity contribution in [3.05, 3.63) is 34.9 Å². The summed E-state index contributed by atoms with van der Waals surface area (Å²) < 4.78 is 0. The van der Waals surface area contributed by atoms with Gasteiger partial charge in [0.15, 0.2) is 0 Å². The summed E-state index contributed by atoms with van der Waals surface area (Å²) >= 11 is 5.90. The van der Waals surface area contributed by atoms with Gasteiger partial charge in [-0.15, -0.1) is 0 Å².